The highest BCUT2D eigenvalue weighted by Gasteiger charge is 2.03. The van der Waals surface area contributed by atoms with Gasteiger partial charge < -0.3 is 10.6 Å². The summed E-state index contributed by atoms with van der Waals surface area (Å²) < 4.78 is 13.9. The Labute approximate surface area is 116 Å². The topological polar surface area (TPSA) is 41.1 Å². The van der Waals surface area contributed by atoms with Gasteiger partial charge in [0, 0.05) is 10.6 Å². The predicted molar refractivity (Wildman–Crippen MR) is 74.3 cm³/mol. The molecule has 0 atom stereocenters. The molecule has 0 radical (unpaired) electrons. The molecule has 1 aromatic heterocycles. The van der Waals surface area contributed by atoms with Crippen LogP contribution in [0.4, 0.5) is 14.9 Å². The van der Waals surface area contributed by atoms with Gasteiger partial charge in [-0.3, -0.25) is 0 Å². The zero-order chi connectivity index (χ0) is 13.0. The lowest BCUT2D eigenvalue weighted by Gasteiger charge is -2.06. The van der Waals surface area contributed by atoms with E-state index in [4.69, 9.17) is 0 Å². The molecule has 0 saturated heterocycles. The number of carbonyl (C=O) groups excluding carboxylic acids is 1. The largest absolute Gasteiger partial charge is 0.333 e. The van der Waals surface area contributed by atoms with Crippen LogP contribution >= 0.6 is 27.3 Å². The van der Waals surface area contributed by atoms with Gasteiger partial charge in [0.2, 0.25) is 0 Å². The summed E-state index contributed by atoms with van der Waals surface area (Å²) >= 11 is 4.90. The van der Waals surface area contributed by atoms with Gasteiger partial charge in [-0.25, -0.2) is 9.18 Å². The van der Waals surface area contributed by atoms with E-state index in [2.05, 4.69) is 26.6 Å². The molecule has 0 aliphatic carbocycles. The molecule has 94 valence electrons. The minimum atomic E-state index is -0.380. The van der Waals surface area contributed by atoms with Crippen LogP contribution in [0.15, 0.2) is 40.2 Å². The zero-order valence-corrected chi connectivity index (χ0v) is 11.6. The molecule has 0 bridgehead atoms. The first-order valence-corrected chi connectivity index (χ1v) is 6.79. The van der Waals surface area contributed by atoms with Gasteiger partial charge in [0.1, 0.15) is 5.82 Å². The van der Waals surface area contributed by atoms with Gasteiger partial charge in [-0.1, -0.05) is 6.07 Å². The lowest BCUT2D eigenvalue weighted by molar-refractivity contribution is 0.252. The number of hydrogen-bond acceptors (Lipinski definition) is 2. The minimum Gasteiger partial charge on any atom is -0.333 e. The van der Waals surface area contributed by atoms with Crippen molar-refractivity contribution >= 4 is 39.0 Å². The van der Waals surface area contributed by atoms with Crippen LogP contribution in [0.1, 0.15) is 4.88 Å². The molecular formula is C12H10BrFN2OS. The summed E-state index contributed by atoms with van der Waals surface area (Å²) in [7, 11) is 0. The summed E-state index contributed by atoms with van der Waals surface area (Å²) in [6.45, 7) is 0.442. The maximum absolute atomic E-state index is 12.9. The Balaban J connectivity index is 1.85. The molecule has 0 saturated carbocycles. The van der Waals surface area contributed by atoms with Crippen LogP contribution in [0.2, 0.25) is 0 Å². The summed E-state index contributed by atoms with van der Waals surface area (Å²) in [5, 5.41) is 5.26. The summed E-state index contributed by atoms with van der Waals surface area (Å²) in [6, 6.07) is 9.26. The second-order valence-electron chi connectivity index (χ2n) is 3.52. The number of anilines is 1. The van der Waals surface area contributed by atoms with E-state index in [9.17, 15) is 9.18 Å². The molecule has 2 aromatic rings. The lowest BCUT2D eigenvalue weighted by Crippen LogP contribution is -2.27. The van der Waals surface area contributed by atoms with E-state index in [1.54, 1.807) is 23.5 Å². The average Bonchev–Trinajstić information content (AvgIpc) is 2.73. The number of urea groups is 1. The molecule has 2 amide bonds. The highest BCUT2D eigenvalue weighted by molar-refractivity contribution is 9.11. The number of hydrogen-bond donors (Lipinski definition) is 2. The Morgan fingerprint density at radius 1 is 1.33 bits per heavy atom. The molecule has 3 nitrogen and oxygen atoms in total. The van der Waals surface area contributed by atoms with Crippen LogP contribution in [-0.2, 0) is 6.54 Å². The van der Waals surface area contributed by atoms with Crippen molar-refractivity contribution in [3.63, 3.8) is 0 Å². The molecule has 2 rings (SSSR count). The van der Waals surface area contributed by atoms with E-state index in [1.807, 2.05) is 12.1 Å². The van der Waals surface area contributed by atoms with Crippen molar-refractivity contribution in [2.45, 2.75) is 6.54 Å². The molecule has 0 aliphatic rings. The fraction of sp³-hybridized carbons (Fsp3) is 0.0833. The molecule has 18 heavy (non-hydrogen) atoms. The fourth-order valence-corrected chi connectivity index (χ4v) is 2.78. The minimum absolute atomic E-state index is 0.356. The number of rotatable bonds is 3. The number of nitrogens with one attached hydrogen (secondary N) is 2. The molecule has 6 heteroatoms. The van der Waals surface area contributed by atoms with E-state index in [0.29, 0.717) is 12.2 Å². The highest BCUT2D eigenvalue weighted by Crippen LogP contribution is 2.21. The van der Waals surface area contributed by atoms with Crippen molar-refractivity contribution in [1.82, 2.24) is 5.32 Å². The molecule has 0 spiro atoms. The SMILES string of the molecule is O=C(NCc1ccc(Br)s1)Nc1cccc(F)c1. The van der Waals surface area contributed by atoms with Gasteiger partial charge in [-0.2, -0.15) is 0 Å². The third-order valence-electron chi connectivity index (χ3n) is 2.13. The Hall–Kier alpha value is -1.40. The third kappa shape index (κ3) is 3.82. The van der Waals surface area contributed by atoms with Crippen molar-refractivity contribution in [2.75, 3.05) is 5.32 Å². The van der Waals surface area contributed by atoms with E-state index >= 15 is 0 Å². The van der Waals surface area contributed by atoms with Crippen LogP contribution in [0.25, 0.3) is 0 Å². The van der Waals surface area contributed by atoms with Crippen molar-refractivity contribution in [3.8, 4) is 0 Å². The lowest BCUT2D eigenvalue weighted by atomic mass is 10.3. The molecule has 1 heterocycles. The number of benzene rings is 1. The van der Waals surface area contributed by atoms with Crippen LogP contribution in [0.3, 0.4) is 0 Å². The number of thiophene rings is 1. The Morgan fingerprint density at radius 2 is 2.17 bits per heavy atom. The van der Waals surface area contributed by atoms with Crippen molar-refractivity contribution in [3.05, 3.63) is 50.9 Å². The van der Waals surface area contributed by atoms with Gasteiger partial charge in [0.15, 0.2) is 0 Å². The van der Waals surface area contributed by atoms with Crippen molar-refractivity contribution in [2.24, 2.45) is 0 Å². The normalized spacial score (nSPS) is 10.1. The van der Waals surface area contributed by atoms with Crippen LogP contribution < -0.4 is 10.6 Å². The second-order valence-corrected chi connectivity index (χ2v) is 6.07. The van der Waals surface area contributed by atoms with Gasteiger partial charge in [-0.15, -0.1) is 11.3 Å². The number of amides is 2. The van der Waals surface area contributed by atoms with E-state index in [1.165, 1.54) is 12.1 Å². The standard InChI is InChI=1S/C12H10BrFN2OS/c13-11-5-4-10(18-11)7-15-12(17)16-9-3-1-2-8(14)6-9/h1-6H,7H2,(H2,15,16,17). The van der Waals surface area contributed by atoms with Crippen molar-refractivity contribution < 1.29 is 9.18 Å². The number of carbonyl (C=O) groups is 1. The van der Waals surface area contributed by atoms with Gasteiger partial charge in [0.05, 0.1) is 10.3 Å². The van der Waals surface area contributed by atoms with Crippen LogP contribution in [-0.4, -0.2) is 6.03 Å². The molecule has 0 unspecified atom stereocenters. The zero-order valence-electron chi connectivity index (χ0n) is 9.24. The van der Waals surface area contributed by atoms with E-state index in [0.717, 1.165) is 8.66 Å². The van der Waals surface area contributed by atoms with Crippen LogP contribution in [0.5, 0.6) is 0 Å². The maximum Gasteiger partial charge on any atom is 0.319 e. The molecular weight excluding hydrogens is 319 g/mol. The quantitative estimate of drug-likeness (QED) is 0.879. The average molecular weight is 329 g/mol. The Morgan fingerprint density at radius 3 is 2.83 bits per heavy atom. The summed E-state index contributed by atoms with van der Waals surface area (Å²) in [5.41, 5.74) is 0.430. The second kappa shape index (κ2) is 5.97. The van der Waals surface area contributed by atoms with Gasteiger partial charge in [0.25, 0.3) is 0 Å². The maximum atomic E-state index is 12.9. The molecule has 1 aromatic carbocycles. The number of halogens is 2. The van der Waals surface area contributed by atoms with E-state index in [-0.39, 0.29) is 11.8 Å². The first-order valence-electron chi connectivity index (χ1n) is 5.18. The Kier molecular flexibility index (Phi) is 4.33. The molecule has 2 N–H and O–H groups in total. The highest BCUT2D eigenvalue weighted by atomic mass is 79.9. The van der Waals surface area contributed by atoms with E-state index < -0.39 is 0 Å². The Bertz CT molecular complexity index is 559. The first-order chi connectivity index (χ1) is 8.63. The van der Waals surface area contributed by atoms with Crippen LogP contribution in [0, 0.1) is 5.82 Å². The van der Waals surface area contributed by atoms with Gasteiger partial charge >= 0.3 is 6.03 Å². The third-order valence-corrected chi connectivity index (χ3v) is 3.76. The smallest absolute Gasteiger partial charge is 0.319 e. The summed E-state index contributed by atoms with van der Waals surface area (Å²) in [6.07, 6.45) is 0. The summed E-state index contributed by atoms with van der Waals surface area (Å²) in [5.74, 6) is -0.380. The predicted octanol–water partition coefficient (Wildman–Crippen LogP) is 3.97. The molecule has 0 aliphatic heterocycles. The fourth-order valence-electron chi connectivity index (χ4n) is 1.36. The van der Waals surface area contributed by atoms with Gasteiger partial charge in [-0.05, 0) is 46.3 Å². The summed E-state index contributed by atoms with van der Waals surface area (Å²) in [4.78, 5) is 12.6. The van der Waals surface area contributed by atoms with Crippen molar-refractivity contribution in [1.29, 1.82) is 0 Å². The monoisotopic (exact) mass is 328 g/mol. The first kappa shape index (κ1) is 13.0. The molecule has 0 fully saturated rings.